The minimum atomic E-state index is -4.23. The first kappa shape index (κ1) is 14.4. The zero-order valence-electron chi connectivity index (χ0n) is 11.3. The van der Waals surface area contributed by atoms with Crippen LogP contribution >= 0.6 is 0 Å². The molecule has 4 heteroatoms. The molecule has 1 aliphatic heterocycles. The van der Waals surface area contributed by atoms with Crippen molar-refractivity contribution in [1.82, 2.24) is 5.32 Å². The highest BCUT2D eigenvalue weighted by molar-refractivity contribution is 5.27. The van der Waals surface area contributed by atoms with Crippen molar-refractivity contribution in [3.8, 4) is 0 Å². The normalized spacial score (nSPS) is 24.7. The van der Waals surface area contributed by atoms with E-state index in [1.54, 1.807) is 6.07 Å². The Hall–Kier alpha value is -1.03. The molecule has 1 N–H and O–H groups in total. The Kier molecular flexibility index (Phi) is 4.19. The van der Waals surface area contributed by atoms with Crippen LogP contribution < -0.4 is 5.32 Å². The van der Waals surface area contributed by atoms with Crippen molar-refractivity contribution in [3.05, 3.63) is 35.4 Å². The molecule has 1 aromatic carbocycles. The van der Waals surface area contributed by atoms with Gasteiger partial charge in [-0.1, -0.05) is 32.0 Å². The molecule has 1 heterocycles. The third kappa shape index (κ3) is 3.96. The number of piperidine rings is 1. The third-order valence-corrected chi connectivity index (χ3v) is 3.76. The SMILES string of the molecule is C1NCC2CC12.CC(C)c1cccc(C(F)(F)F)c1. The lowest BCUT2D eigenvalue weighted by Crippen LogP contribution is -2.10. The molecule has 1 saturated heterocycles. The van der Waals surface area contributed by atoms with Gasteiger partial charge in [0.1, 0.15) is 0 Å². The van der Waals surface area contributed by atoms with Gasteiger partial charge in [-0.2, -0.15) is 13.2 Å². The fourth-order valence-corrected chi connectivity index (χ4v) is 2.34. The summed E-state index contributed by atoms with van der Waals surface area (Å²) in [5.74, 6) is 2.33. The maximum absolute atomic E-state index is 12.2. The second-order valence-electron chi connectivity index (χ2n) is 5.69. The Morgan fingerprint density at radius 1 is 1.16 bits per heavy atom. The number of hydrogen-bond donors (Lipinski definition) is 1. The molecule has 19 heavy (non-hydrogen) atoms. The summed E-state index contributed by atoms with van der Waals surface area (Å²) in [6.45, 7) is 6.36. The van der Waals surface area contributed by atoms with Gasteiger partial charge in [0.2, 0.25) is 0 Å². The van der Waals surface area contributed by atoms with Crippen molar-refractivity contribution in [3.63, 3.8) is 0 Å². The molecule has 2 atom stereocenters. The largest absolute Gasteiger partial charge is 0.416 e. The average Bonchev–Trinajstić information content (AvgIpc) is 2.96. The van der Waals surface area contributed by atoms with E-state index >= 15 is 0 Å². The summed E-state index contributed by atoms with van der Waals surface area (Å²) in [4.78, 5) is 0. The van der Waals surface area contributed by atoms with Crippen LogP contribution in [0.25, 0.3) is 0 Å². The molecule has 2 aliphatic rings. The maximum Gasteiger partial charge on any atom is 0.416 e. The summed E-state index contributed by atoms with van der Waals surface area (Å²) in [5.41, 5.74) is 0.147. The zero-order valence-corrected chi connectivity index (χ0v) is 11.3. The van der Waals surface area contributed by atoms with Gasteiger partial charge < -0.3 is 5.32 Å². The number of nitrogens with one attached hydrogen (secondary N) is 1. The minimum Gasteiger partial charge on any atom is -0.316 e. The van der Waals surface area contributed by atoms with Crippen molar-refractivity contribution >= 4 is 0 Å². The van der Waals surface area contributed by atoms with Crippen LogP contribution in [0.3, 0.4) is 0 Å². The maximum atomic E-state index is 12.2. The van der Waals surface area contributed by atoms with Gasteiger partial charge in [-0.3, -0.25) is 0 Å². The van der Waals surface area contributed by atoms with Crippen LogP contribution in [0.2, 0.25) is 0 Å². The van der Waals surface area contributed by atoms with E-state index in [1.165, 1.54) is 31.6 Å². The summed E-state index contributed by atoms with van der Waals surface area (Å²) in [6.07, 6.45) is -2.71. The fraction of sp³-hybridized carbons (Fsp3) is 0.600. The van der Waals surface area contributed by atoms with E-state index in [0.29, 0.717) is 0 Å². The lowest BCUT2D eigenvalue weighted by molar-refractivity contribution is -0.137. The molecular formula is C15H20F3N. The number of hydrogen-bond acceptors (Lipinski definition) is 1. The lowest BCUT2D eigenvalue weighted by atomic mass is 10.0. The van der Waals surface area contributed by atoms with E-state index in [4.69, 9.17) is 0 Å². The van der Waals surface area contributed by atoms with Crippen LogP contribution in [0.1, 0.15) is 37.3 Å². The number of rotatable bonds is 1. The van der Waals surface area contributed by atoms with Crippen molar-refractivity contribution in [2.75, 3.05) is 13.1 Å². The summed E-state index contributed by atoms with van der Waals surface area (Å²) in [7, 11) is 0. The molecule has 0 radical (unpaired) electrons. The first-order valence-corrected chi connectivity index (χ1v) is 6.76. The highest BCUT2D eigenvalue weighted by atomic mass is 19.4. The molecular weight excluding hydrogens is 251 g/mol. The molecule has 2 unspecified atom stereocenters. The van der Waals surface area contributed by atoms with Crippen LogP contribution in [0, 0.1) is 11.8 Å². The second kappa shape index (κ2) is 5.53. The Morgan fingerprint density at radius 3 is 2.16 bits per heavy atom. The smallest absolute Gasteiger partial charge is 0.316 e. The summed E-state index contributed by atoms with van der Waals surface area (Å²) in [5, 5.41) is 3.32. The van der Waals surface area contributed by atoms with Crippen LogP contribution in [-0.2, 0) is 6.18 Å². The molecule has 1 saturated carbocycles. The van der Waals surface area contributed by atoms with E-state index in [9.17, 15) is 13.2 Å². The van der Waals surface area contributed by atoms with E-state index in [2.05, 4.69) is 5.32 Å². The third-order valence-electron chi connectivity index (χ3n) is 3.76. The first-order valence-electron chi connectivity index (χ1n) is 6.76. The van der Waals surface area contributed by atoms with Gasteiger partial charge in [-0.25, -0.2) is 0 Å². The molecule has 0 aromatic heterocycles. The Morgan fingerprint density at radius 2 is 1.79 bits per heavy atom. The van der Waals surface area contributed by atoms with Crippen LogP contribution in [0.15, 0.2) is 24.3 Å². The van der Waals surface area contributed by atoms with Crippen molar-refractivity contribution < 1.29 is 13.2 Å². The highest BCUT2D eigenvalue weighted by Gasteiger charge is 2.40. The summed E-state index contributed by atoms with van der Waals surface area (Å²) >= 11 is 0. The van der Waals surface area contributed by atoms with Gasteiger partial charge in [-0.05, 0) is 48.9 Å². The molecule has 0 amide bonds. The Balaban J connectivity index is 0.000000180. The van der Waals surface area contributed by atoms with Gasteiger partial charge in [-0.15, -0.1) is 0 Å². The summed E-state index contributed by atoms with van der Waals surface area (Å²) in [6, 6.07) is 5.44. The van der Waals surface area contributed by atoms with E-state index in [1.807, 2.05) is 13.8 Å². The topological polar surface area (TPSA) is 12.0 Å². The molecule has 106 valence electrons. The molecule has 1 aliphatic carbocycles. The van der Waals surface area contributed by atoms with Crippen LogP contribution in [0.4, 0.5) is 13.2 Å². The minimum absolute atomic E-state index is 0.127. The van der Waals surface area contributed by atoms with E-state index in [-0.39, 0.29) is 5.92 Å². The fourth-order valence-electron chi connectivity index (χ4n) is 2.34. The number of alkyl halides is 3. The van der Waals surface area contributed by atoms with Gasteiger partial charge in [0, 0.05) is 0 Å². The number of benzene rings is 1. The van der Waals surface area contributed by atoms with Gasteiger partial charge in [0.15, 0.2) is 0 Å². The Labute approximate surface area is 112 Å². The number of fused-ring (bicyclic) bond motifs is 1. The predicted octanol–water partition coefficient (Wildman–Crippen LogP) is 4.05. The molecule has 1 nitrogen and oxygen atoms in total. The Bertz CT molecular complexity index is 418. The molecule has 0 bridgehead atoms. The van der Waals surface area contributed by atoms with Gasteiger partial charge in [0.05, 0.1) is 5.56 Å². The molecule has 3 rings (SSSR count). The first-order chi connectivity index (χ1) is 8.88. The average molecular weight is 271 g/mol. The van der Waals surface area contributed by atoms with Crippen molar-refractivity contribution in [2.24, 2.45) is 11.8 Å². The summed E-state index contributed by atoms with van der Waals surface area (Å²) < 4.78 is 36.7. The number of halogens is 3. The second-order valence-corrected chi connectivity index (χ2v) is 5.69. The quantitative estimate of drug-likeness (QED) is 0.812. The van der Waals surface area contributed by atoms with Crippen molar-refractivity contribution in [1.29, 1.82) is 0 Å². The molecule has 0 spiro atoms. The van der Waals surface area contributed by atoms with Gasteiger partial charge >= 0.3 is 6.18 Å². The standard InChI is InChI=1S/C10H11F3.C5H9N/c1-7(2)8-4-3-5-9(6-8)10(11,12)13;1-4-2-6-3-5(1)4/h3-7H,1-2H3;4-6H,1-3H2. The zero-order chi connectivity index (χ0) is 14.0. The van der Waals surface area contributed by atoms with Crippen molar-refractivity contribution in [2.45, 2.75) is 32.4 Å². The highest BCUT2D eigenvalue weighted by Crippen LogP contribution is 2.40. The molecule has 2 fully saturated rings. The van der Waals surface area contributed by atoms with Crippen LogP contribution in [0.5, 0.6) is 0 Å². The van der Waals surface area contributed by atoms with Crippen LogP contribution in [-0.4, -0.2) is 13.1 Å². The molecule has 1 aromatic rings. The predicted molar refractivity (Wildman–Crippen MR) is 70.0 cm³/mol. The monoisotopic (exact) mass is 271 g/mol. The van der Waals surface area contributed by atoms with Gasteiger partial charge in [0.25, 0.3) is 0 Å². The van der Waals surface area contributed by atoms with E-state index < -0.39 is 11.7 Å². The lowest BCUT2D eigenvalue weighted by Gasteiger charge is -2.10. The van der Waals surface area contributed by atoms with E-state index in [0.717, 1.165) is 23.5 Å².